The fourth-order valence-corrected chi connectivity index (χ4v) is 3.79. The van der Waals surface area contributed by atoms with E-state index in [-0.39, 0.29) is 0 Å². The lowest BCUT2D eigenvalue weighted by Crippen LogP contribution is -2.27. The van der Waals surface area contributed by atoms with Gasteiger partial charge in [-0.2, -0.15) is 16.7 Å². The molecule has 5 heteroatoms. The number of hydrogen-bond donors (Lipinski definition) is 2. The molecular formula is C15H26N4S. The zero-order valence-corrected chi connectivity index (χ0v) is 13.6. The molecule has 1 aliphatic rings. The monoisotopic (exact) mass is 294 g/mol. The summed E-state index contributed by atoms with van der Waals surface area (Å²) in [4.78, 5) is 8.96. The molecule has 1 aliphatic carbocycles. The van der Waals surface area contributed by atoms with Gasteiger partial charge in [-0.3, -0.25) is 0 Å². The van der Waals surface area contributed by atoms with E-state index in [1.54, 1.807) is 0 Å². The molecule has 2 rings (SSSR count). The highest BCUT2D eigenvalue weighted by atomic mass is 32.2. The fourth-order valence-electron chi connectivity index (χ4n) is 2.59. The Morgan fingerprint density at radius 3 is 2.95 bits per heavy atom. The third-order valence-electron chi connectivity index (χ3n) is 3.66. The molecule has 20 heavy (non-hydrogen) atoms. The Labute approximate surface area is 126 Å². The quantitative estimate of drug-likeness (QED) is 0.803. The Morgan fingerprint density at radius 1 is 1.35 bits per heavy atom. The van der Waals surface area contributed by atoms with Gasteiger partial charge in [0.25, 0.3) is 0 Å². The average molecular weight is 294 g/mol. The van der Waals surface area contributed by atoms with Gasteiger partial charge in [0.1, 0.15) is 5.82 Å². The normalized spacial score (nSPS) is 21.9. The molecule has 0 aliphatic heterocycles. The van der Waals surface area contributed by atoms with Gasteiger partial charge in [-0.15, -0.1) is 0 Å². The van der Waals surface area contributed by atoms with Crippen LogP contribution in [0.5, 0.6) is 0 Å². The number of thioether (sulfide) groups is 1. The Kier molecular flexibility index (Phi) is 5.95. The van der Waals surface area contributed by atoms with Gasteiger partial charge in [0.2, 0.25) is 5.95 Å². The second-order valence-corrected chi connectivity index (χ2v) is 6.84. The van der Waals surface area contributed by atoms with Crippen LogP contribution in [0.3, 0.4) is 0 Å². The Bertz CT molecular complexity index is 424. The highest BCUT2D eigenvalue weighted by molar-refractivity contribution is 7.99. The second kappa shape index (κ2) is 7.72. The molecule has 0 saturated heterocycles. The van der Waals surface area contributed by atoms with Crippen molar-refractivity contribution in [1.82, 2.24) is 9.97 Å². The van der Waals surface area contributed by atoms with E-state index in [1.807, 2.05) is 6.20 Å². The maximum absolute atomic E-state index is 4.63. The van der Waals surface area contributed by atoms with E-state index < -0.39 is 0 Å². The van der Waals surface area contributed by atoms with Gasteiger partial charge in [0.15, 0.2) is 0 Å². The molecule has 1 aromatic heterocycles. The summed E-state index contributed by atoms with van der Waals surface area (Å²) < 4.78 is 0. The maximum atomic E-state index is 4.63. The molecule has 0 bridgehead atoms. The Hall–Kier alpha value is -0.970. The summed E-state index contributed by atoms with van der Waals surface area (Å²) in [5.74, 6) is 2.92. The van der Waals surface area contributed by atoms with Crippen LogP contribution in [-0.2, 0) is 0 Å². The van der Waals surface area contributed by atoms with E-state index in [0.717, 1.165) is 35.5 Å². The van der Waals surface area contributed by atoms with Crippen LogP contribution >= 0.6 is 11.8 Å². The maximum Gasteiger partial charge on any atom is 0.224 e. The lowest BCUT2D eigenvalue weighted by molar-refractivity contribution is 0.760. The topological polar surface area (TPSA) is 49.8 Å². The molecule has 2 N–H and O–H groups in total. The van der Waals surface area contributed by atoms with Crippen LogP contribution in [-0.4, -0.2) is 33.6 Å². The van der Waals surface area contributed by atoms with Gasteiger partial charge < -0.3 is 10.6 Å². The molecule has 0 amide bonds. The van der Waals surface area contributed by atoms with Crippen molar-refractivity contribution in [3.05, 3.63) is 11.8 Å². The number of hydrogen-bond acceptors (Lipinski definition) is 5. The van der Waals surface area contributed by atoms with Crippen molar-refractivity contribution in [3.8, 4) is 0 Å². The van der Waals surface area contributed by atoms with Crippen LogP contribution in [0.15, 0.2) is 6.20 Å². The van der Waals surface area contributed by atoms with E-state index in [2.05, 4.69) is 53.1 Å². The largest absolute Gasteiger partial charge is 0.366 e. The molecule has 0 radical (unpaired) electrons. The van der Waals surface area contributed by atoms with E-state index in [1.165, 1.54) is 25.0 Å². The lowest BCUT2D eigenvalue weighted by Gasteiger charge is -2.22. The van der Waals surface area contributed by atoms with Gasteiger partial charge in [0.05, 0.1) is 0 Å². The number of nitrogens with one attached hydrogen (secondary N) is 2. The van der Waals surface area contributed by atoms with Crippen LogP contribution in [0.4, 0.5) is 11.8 Å². The first-order valence-electron chi connectivity index (χ1n) is 7.70. The van der Waals surface area contributed by atoms with E-state index in [9.17, 15) is 0 Å². The smallest absolute Gasteiger partial charge is 0.224 e. The van der Waals surface area contributed by atoms with E-state index in [4.69, 9.17) is 0 Å². The van der Waals surface area contributed by atoms with Crippen LogP contribution < -0.4 is 10.6 Å². The first kappa shape index (κ1) is 15.4. The minimum atomic E-state index is 0.549. The Balaban J connectivity index is 2.03. The van der Waals surface area contributed by atoms with Gasteiger partial charge in [0, 0.05) is 29.6 Å². The van der Waals surface area contributed by atoms with Crippen LogP contribution in [0.25, 0.3) is 0 Å². The highest BCUT2D eigenvalue weighted by Crippen LogP contribution is 2.32. The predicted octanol–water partition coefficient (Wildman–Crippen LogP) is 3.69. The fraction of sp³-hybridized carbons (Fsp3) is 0.733. The molecule has 0 aromatic carbocycles. The summed E-state index contributed by atoms with van der Waals surface area (Å²) >= 11 is 2.07. The van der Waals surface area contributed by atoms with Crippen LogP contribution in [0.2, 0.25) is 0 Å². The third kappa shape index (κ3) is 4.01. The molecule has 112 valence electrons. The molecule has 4 nitrogen and oxygen atoms in total. The van der Waals surface area contributed by atoms with Crippen molar-refractivity contribution in [1.29, 1.82) is 0 Å². The molecule has 1 aromatic rings. The van der Waals surface area contributed by atoms with Crippen LogP contribution in [0.1, 0.15) is 45.1 Å². The molecule has 0 spiro atoms. The lowest BCUT2D eigenvalue weighted by atomic mass is 10.2. The number of aryl methyl sites for hydroxylation is 1. The molecule has 1 fully saturated rings. The SMILES string of the molecule is CCCNc1ncc(C)c(NC2CCCC2SCC)n1. The number of rotatable bonds is 7. The minimum absolute atomic E-state index is 0.549. The van der Waals surface area contributed by atoms with Crippen molar-refractivity contribution < 1.29 is 0 Å². The molecule has 2 atom stereocenters. The first-order chi connectivity index (χ1) is 9.74. The first-order valence-corrected chi connectivity index (χ1v) is 8.75. The van der Waals surface area contributed by atoms with Crippen molar-refractivity contribution >= 4 is 23.5 Å². The summed E-state index contributed by atoms with van der Waals surface area (Å²) in [6, 6.07) is 0.549. The molecular weight excluding hydrogens is 268 g/mol. The summed E-state index contributed by atoms with van der Waals surface area (Å²) in [5, 5.41) is 7.63. The number of anilines is 2. The van der Waals surface area contributed by atoms with Crippen molar-refractivity contribution in [3.63, 3.8) is 0 Å². The summed E-state index contributed by atoms with van der Waals surface area (Å²) in [6.07, 6.45) is 6.88. The van der Waals surface area contributed by atoms with E-state index >= 15 is 0 Å². The zero-order valence-electron chi connectivity index (χ0n) is 12.8. The standard InChI is InChI=1S/C15H26N4S/c1-4-9-16-15-17-10-11(3)14(19-15)18-12-7-6-8-13(12)20-5-2/h10,12-13H,4-9H2,1-3H3,(H2,16,17,18,19). The molecule has 1 heterocycles. The van der Waals surface area contributed by atoms with Gasteiger partial charge >= 0.3 is 0 Å². The zero-order chi connectivity index (χ0) is 14.4. The van der Waals surface area contributed by atoms with Crippen molar-refractivity contribution in [2.24, 2.45) is 0 Å². The molecule has 2 unspecified atom stereocenters. The summed E-state index contributed by atoms with van der Waals surface area (Å²) in [5.41, 5.74) is 1.12. The van der Waals surface area contributed by atoms with Crippen molar-refractivity contribution in [2.45, 2.75) is 57.7 Å². The third-order valence-corrected chi connectivity index (χ3v) is 4.99. The predicted molar refractivity (Wildman–Crippen MR) is 88.7 cm³/mol. The van der Waals surface area contributed by atoms with Crippen LogP contribution in [0, 0.1) is 6.92 Å². The van der Waals surface area contributed by atoms with Gasteiger partial charge in [-0.1, -0.05) is 20.3 Å². The number of aromatic nitrogens is 2. The van der Waals surface area contributed by atoms with Gasteiger partial charge in [-0.25, -0.2) is 4.98 Å². The highest BCUT2D eigenvalue weighted by Gasteiger charge is 2.27. The minimum Gasteiger partial charge on any atom is -0.366 e. The number of nitrogens with zero attached hydrogens (tertiary/aromatic N) is 2. The van der Waals surface area contributed by atoms with Crippen molar-refractivity contribution in [2.75, 3.05) is 22.9 Å². The van der Waals surface area contributed by atoms with E-state index in [0.29, 0.717) is 6.04 Å². The van der Waals surface area contributed by atoms with Gasteiger partial charge in [-0.05, 0) is 31.9 Å². The Morgan fingerprint density at radius 2 is 2.20 bits per heavy atom. The average Bonchev–Trinajstić information content (AvgIpc) is 2.87. The second-order valence-electron chi connectivity index (χ2n) is 5.33. The summed E-state index contributed by atoms with van der Waals surface area (Å²) in [7, 11) is 0. The summed E-state index contributed by atoms with van der Waals surface area (Å²) in [6.45, 7) is 7.37. The molecule has 1 saturated carbocycles.